The van der Waals surface area contributed by atoms with Crippen LogP contribution in [0.1, 0.15) is 23.4 Å². The maximum Gasteiger partial charge on any atom is 0.323 e. The van der Waals surface area contributed by atoms with E-state index in [1.165, 1.54) is 11.8 Å². The fraction of sp³-hybridized carbons (Fsp3) is 0.300. The molecule has 0 saturated heterocycles. The van der Waals surface area contributed by atoms with Crippen LogP contribution in [0, 0.1) is 13.8 Å². The molecule has 0 unspecified atom stereocenters. The van der Waals surface area contributed by atoms with Crippen LogP contribution in [-0.4, -0.2) is 37.8 Å². The molecule has 146 valence electrons. The van der Waals surface area contributed by atoms with E-state index in [0.29, 0.717) is 18.5 Å². The van der Waals surface area contributed by atoms with Gasteiger partial charge in [0.2, 0.25) is 5.91 Å². The number of benzene rings is 1. The molecule has 0 bridgehead atoms. The standard InChI is InChI=1S/C20H22N4O3S/c1-12-16(13(2)22-20(21-12)28-3)5-7-18(25)23-15-4-6-17-14(10-15)8-9-24(17)11-19(26)27/h4,6,8-10H,5,7,11H2,1-3H3,(H,23,25)(H,26,27). The van der Waals surface area contributed by atoms with Gasteiger partial charge in [-0.2, -0.15) is 0 Å². The zero-order valence-electron chi connectivity index (χ0n) is 16.0. The van der Waals surface area contributed by atoms with E-state index in [9.17, 15) is 9.59 Å². The highest BCUT2D eigenvalue weighted by molar-refractivity contribution is 7.98. The Hall–Kier alpha value is -2.87. The van der Waals surface area contributed by atoms with Crippen molar-refractivity contribution in [1.29, 1.82) is 0 Å². The van der Waals surface area contributed by atoms with Gasteiger partial charge >= 0.3 is 5.97 Å². The summed E-state index contributed by atoms with van der Waals surface area (Å²) >= 11 is 1.50. The lowest BCUT2D eigenvalue weighted by Gasteiger charge is -2.10. The van der Waals surface area contributed by atoms with Crippen LogP contribution < -0.4 is 5.32 Å². The van der Waals surface area contributed by atoms with Crippen molar-refractivity contribution in [3.8, 4) is 0 Å². The second-order valence-electron chi connectivity index (χ2n) is 6.52. The fourth-order valence-corrected chi connectivity index (χ4v) is 3.64. The Morgan fingerprint density at radius 1 is 1.18 bits per heavy atom. The zero-order valence-corrected chi connectivity index (χ0v) is 16.8. The number of aryl methyl sites for hydroxylation is 2. The van der Waals surface area contributed by atoms with Crippen LogP contribution in [0.4, 0.5) is 5.69 Å². The van der Waals surface area contributed by atoms with Crippen LogP contribution in [-0.2, 0) is 22.6 Å². The SMILES string of the molecule is CSc1nc(C)c(CCC(=O)Nc2ccc3c(ccn3CC(=O)O)c2)c(C)n1. The molecule has 0 saturated carbocycles. The predicted molar refractivity (Wildman–Crippen MR) is 110 cm³/mol. The number of thioether (sulfide) groups is 1. The number of nitrogens with zero attached hydrogens (tertiary/aromatic N) is 3. The van der Waals surface area contributed by atoms with Crippen molar-refractivity contribution < 1.29 is 14.7 Å². The minimum absolute atomic E-state index is 0.0861. The number of aliphatic carboxylic acids is 1. The Labute approximate surface area is 167 Å². The molecule has 0 aliphatic heterocycles. The molecule has 0 fully saturated rings. The van der Waals surface area contributed by atoms with Gasteiger partial charge in [-0.25, -0.2) is 9.97 Å². The number of amides is 1. The van der Waals surface area contributed by atoms with Crippen molar-refractivity contribution in [3.63, 3.8) is 0 Å². The second kappa shape index (κ2) is 8.43. The number of hydrogen-bond donors (Lipinski definition) is 2. The summed E-state index contributed by atoms with van der Waals surface area (Å²) in [5.41, 5.74) is 4.33. The summed E-state index contributed by atoms with van der Waals surface area (Å²) in [6.07, 6.45) is 4.58. The number of carbonyl (C=O) groups excluding carboxylic acids is 1. The monoisotopic (exact) mass is 398 g/mol. The van der Waals surface area contributed by atoms with Gasteiger partial charge in [0.1, 0.15) is 6.54 Å². The highest BCUT2D eigenvalue weighted by Crippen LogP contribution is 2.21. The topological polar surface area (TPSA) is 97.1 Å². The number of carboxylic acids is 1. The molecule has 1 amide bonds. The molecule has 0 aliphatic rings. The van der Waals surface area contributed by atoms with Crippen molar-refractivity contribution >= 4 is 40.2 Å². The van der Waals surface area contributed by atoms with Crippen molar-refractivity contribution in [3.05, 3.63) is 47.4 Å². The Balaban J connectivity index is 1.66. The van der Waals surface area contributed by atoms with Gasteiger partial charge in [-0.05, 0) is 56.4 Å². The van der Waals surface area contributed by atoms with Gasteiger partial charge in [-0.1, -0.05) is 11.8 Å². The molecule has 2 N–H and O–H groups in total. The number of carbonyl (C=O) groups is 2. The molecular weight excluding hydrogens is 376 g/mol. The summed E-state index contributed by atoms with van der Waals surface area (Å²) in [4.78, 5) is 32.2. The molecule has 1 aromatic carbocycles. The molecule has 3 rings (SSSR count). The van der Waals surface area contributed by atoms with Crippen molar-refractivity contribution in [2.45, 2.75) is 38.4 Å². The van der Waals surface area contributed by atoms with E-state index in [1.54, 1.807) is 16.8 Å². The van der Waals surface area contributed by atoms with E-state index in [2.05, 4.69) is 15.3 Å². The van der Waals surface area contributed by atoms with Crippen LogP contribution in [0.2, 0.25) is 0 Å². The Morgan fingerprint density at radius 3 is 2.54 bits per heavy atom. The van der Waals surface area contributed by atoms with E-state index < -0.39 is 5.97 Å². The largest absolute Gasteiger partial charge is 0.480 e. The maximum atomic E-state index is 12.4. The van der Waals surface area contributed by atoms with E-state index in [1.807, 2.05) is 38.3 Å². The lowest BCUT2D eigenvalue weighted by molar-refractivity contribution is -0.137. The lowest BCUT2D eigenvalue weighted by atomic mass is 10.1. The van der Waals surface area contributed by atoms with Crippen molar-refractivity contribution in [2.24, 2.45) is 0 Å². The number of carboxylic acid groups (broad SMARTS) is 1. The lowest BCUT2D eigenvalue weighted by Crippen LogP contribution is -2.13. The van der Waals surface area contributed by atoms with Crippen LogP contribution in [0.15, 0.2) is 35.6 Å². The maximum absolute atomic E-state index is 12.4. The molecule has 0 spiro atoms. The molecule has 8 heteroatoms. The van der Waals surface area contributed by atoms with Gasteiger partial charge < -0.3 is 15.0 Å². The second-order valence-corrected chi connectivity index (χ2v) is 7.29. The van der Waals surface area contributed by atoms with E-state index in [-0.39, 0.29) is 12.5 Å². The molecule has 2 aromatic heterocycles. The van der Waals surface area contributed by atoms with Gasteiger partial charge in [0.15, 0.2) is 5.16 Å². The van der Waals surface area contributed by atoms with Gasteiger partial charge in [0.25, 0.3) is 0 Å². The third kappa shape index (κ3) is 4.51. The Morgan fingerprint density at radius 2 is 1.89 bits per heavy atom. The highest BCUT2D eigenvalue weighted by atomic mass is 32.2. The number of aromatic nitrogens is 3. The first-order chi connectivity index (χ1) is 13.4. The van der Waals surface area contributed by atoms with E-state index >= 15 is 0 Å². The van der Waals surface area contributed by atoms with Crippen molar-refractivity contribution in [1.82, 2.24) is 14.5 Å². The molecule has 3 aromatic rings. The summed E-state index contributed by atoms with van der Waals surface area (Å²) < 4.78 is 1.66. The van der Waals surface area contributed by atoms with Gasteiger partial charge in [0.05, 0.1) is 0 Å². The van der Waals surface area contributed by atoms with Crippen LogP contribution >= 0.6 is 11.8 Å². The van der Waals surface area contributed by atoms with Crippen LogP contribution in [0.3, 0.4) is 0 Å². The number of fused-ring (bicyclic) bond motifs is 1. The first kappa shape index (κ1) is 19.9. The van der Waals surface area contributed by atoms with Gasteiger partial charge in [0, 0.05) is 40.6 Å². The number of rotatable bonds is 7. The summed E-state index contributed by atoms with van der Waals surface area (Å²) in [6.45, 7) is 3.79. The third-order valence-electron chi connectivity index (χ3n) is 4.55. The quantitative estimate of drug-likeness (QED) is 0.467. The third-order valence-corrected chi connectivity index (χ3v) is 5.09. The smallest absolute Gasteiger partial charge is 0.323 e. The molecule has 0 aliphatic carbocycles. The van der Waals surface area contributed by atoms with Crippen LogP contribution in [0.5, 0.6) is 0 Å². The minimum atomic E-state index is -0.894. The Kier molecular flexibility index (Phi) is 5.99. The minimum Gasteiger partial charge on any atom is -0.480 e. The first-order valence-corrected chi connectivity index (χ1v) is 10.1. The van der Waals surface area contributed by atoms with Gasteiger partial charge in [-0.15, -0.1) is 0 Å². The number of nitrogens with one attached hydrogen (secondary N) is 1. The summed E-state index contributed by atoms with van der Waals surface area (Å²) in [6, 6.07) is 7.28. The number of anilines is 1. The Bertz CT molecular complexity index is 1020. The normalized spacial score (nSPS) is 11.0. The molecular formula is C20H22N4O3S. The molecule has 28 heavy (non-hydrogen) atoms. The van der Waals surface area contributed by atoms with Crippen LogP contribution in [0.25, 0.3) is 10.9 Å². The van der Waals surface area contributed by atoms with E-state index in [4.69, 9.17) is 5.11 Å². The molecule has 0 radical (unpaired) electrons. The number of hydrogen-bond acceptors (Lipinski definition) is 5. The van der Waals surface area contributed by atoms with Gasteiger partial charge in [-0.3, -0.25) is 9.59 Å². The zero-order chi connectivity index (χ0) is 20.3. The summed E-state index contributed by atoms with van der Waals surface area (Å²) in [5.74, 6) is -0.980. The summed E-state index contributed by atoms with van der Waals surface area (Å²) in [7, 11) is 0. The molecule has 7 nitrogen and oxygen atoms in total. The van der Waals surface area contributed by atoms with E-state index in [0.717, 1.165) is 33.0 Å². The summed E-state index contributed by atoms with van der Waals surface area (Å²) in [5, 5.41) is 13.5. The fourth-order valence-electron chi connectivity index (χ4n) is 3.19. The average Bonchev–Trinajstić information content (AvgIpc) is 3.02. The highest BCUT2D eigenvalue weighted by Gasteiger charge is 2.12. The molecule has 0 atom stereocenters. The molecule has 2 heterocycles. The average molecular weight is 398 g/mol. The predicted octanol–water partition coefficient (Wildman–Crippen LogP) is 3.43. The first-order valence-electron chi connectivity index (χ1n) is 8.86. The van der Waals surface area contributed by atoms with Crippen molar-refractivity contribution in [2.75, 3.05) is 11.6 Å².